The first-order valence-corrected chi connectivity index (χ1v) is 9.58. The van der Waals surface area contributed by atoms with E-state index in [4.69, 9.17) is 25.8 Å². The van der Waals surface area contributed by atoms with Crippen LogP contribution in [-0.2, 0) is 4.79 Å². The van der Waals surface area contributed by atoms with Gasteiger partial charge in [0.1, 0.15) is 5.75 Å². The summed E-state index contributed by atoms with van der Waals surface area (Å²) in [5, 5.41) is 4.43. The molecule has 0 spiro atoms. The Kier molecular flexibility index (Phi) is 7.61. The van der Waals surface area contributed by atoms with Crippen molar-refractivity contribution in [2.45, 2.75) is 0 Å². The van der Waals surface area contributed by atoms with Crippen molar-refractivity contribution in [3.05, 3.63) is 88.9 Å². The molecule has 7 nitrogen and oxygen atoms in total. The van der Waals surface area contributed by atoms with Crippen molar-refractivity contribution in [2.75, 3.05) is 13.7 Å². The van der Waals surface area contributed by atoms with E-state index in [1.165, 1.54) is 13.3 Å². The molecule has 0 aliphatic carbocycles. The number of hydrogen-bond donors (Lipinski definition) is 1. The van der Waals surface area contributed by atoms with Crippen LogP contribution >= 0.6 is 11.6 Å². The highest BCUT2D eigenvalue weighted by Crippen LogP contribution is 2.25. The lowest BCUT2D eigenvalue weighted by Crippen LogP contribution is -2.24. The smallest absolute Gasteiger partial charge is 0.343 e. The largest absolute Gasteiger partial charge is 0.493 e. The molecule has 31 heavy (non-hydrogen) atoms. The van der Waals surface area contributed by atoms with Gasteiger partial charge in [0.25, 0.3) is 5.91 Å². The van der Waals surface area contributed by atoms with Crippen LogP contribution in [0.15, 0.2) is 77.9 Å². The van der Waals surface area contributed by atoms with Crippen molar-refractivity contribution in [3.8, 4) is 17.2 Å². The molecule has 0 unspecified atom stereocenters. The standard InChI is InChI=1S/C23H19ClN2O5/c1-29-20-7-2-3-8-21(20)30-15-22(27)26-25-14-16-5-4-6-19(13-16)31-23(28)17-9-11-18(24)12-10-17/h2-14H,15H2,1H3,(H,26,27)/b25-14+. The summed E-state index contributed by atoms with van der Waals surface area (Å²) in [6.07, 6.45) is 1.43. The van der Waals surface area contributed by atoms with Crippen LogP contribution in [0.1, 0.15) is 15.9 Å². The van der Waals surface area contributed by atoms with Gasteiger partial charge in [-0.25, -0.2) is 10.2 Å². The minimum atomic E-state index is -0.507. The van der Waals surface area contributed by atoms with Crippen LogP contribution in [0.3, 0.4) is 0 Å². The van der Waals surface area contributed by atoms with Gasteiger partial charge >= 0.3 is 5.97 Å². The topological polar surface area (TPSA) is 86.2 Å². The predicted molar refractivity (Wildman–Crippen MR) is 117 cm³/mol. The molecule has 8 heteroatoms. The van der Waals surface area contributed by atoms with Gasteiger partial charge in [-0.05, 0) is 54.1 Å². The molecule has 1 amide bonds. The van der Waals surface area contributed by atoms with Gasteiger partial charge in [0, 0.05) is 5.02 Å². The van der Waals surface area contributed by atoms with Crippen molar-refractivity contribution in [1.82, 2.24) is 5.43 Å². The highest BCUT2D eigenvalue weighted by molar-refractivity contribution is 6.30. The first-order valence-electron chi connectivity index (χ1n) is 9.20. The third kappa shape index (κ3) is 6.58. The number of carbonyl (C=O) groups is 2. The molecule has 0 radical (unpaired) electrons. The number of esters is 1. The molecule has 0 heterocycles. The number of hydrazone groups is 1. The molecule has 0 aromatic heterocycles. The molecule has 0 saturated heterocycles. The number of amides is 1. The highest BCUT2D eigenvalue weighted by Gasteiger charge is 2.09. The zero-order valence-corrected chi connectivity index (χ0v) is 17.3. The van der Waals surface area contributed by atoms with Gasteiger partial charge in [0.15, 0.2) is 18.1 Å². The van der Waals surface area contributed by atoms with E-state index in [0.717, 1.165) is 0 Å². The van der Waals surface area contributed by atoms with E-state index in [0.29, 0.717) is 33.4 Å². The second-order valence-corrected chi connectivity index (χ2v) is 6.64. The lowest BCUT2D eigenvalue weighted by atomic mass is 10.2. The second-order valence-electron chi connectivity index (χ2n) is 6.20. The average Bonchev–Trinajstić information content (AvgIpc) is 2.78. The number of hydrogen-bond acceptors (Lipinski definition) is 6. The Hall–Kier alpha value is -3.84. The van der Waals surface area contributed by atoms with Crippen molar-refractivity contribution in [2.24, 2.45) is 5.10 Å². The Morgan fingerprint density at radius 1 is 1.00 bits per heavy atom. The molecule has 0 fully saturated rings. The predicted octanol–water partition coefficient (Wildman–Crippen LogP) is 4.10. The second kappa shape index (κ2) is 10.8. The van der Waals surface area contributed by atoms with Crippen LogP contribution in [0.4, 0.5) is 0 Å². The summed E-state index contributed by atoms with van der Waals surface area (Å²) in [5.74, 6) is 0.387. The van der Waals surface area contributed by atoms with Gasteiger partial charge < -0.3 is 14.2 Å². The van der Waals surface area contributed by atoms with Crippen LogP contribution in [0.5, 0.6) is 17.2 Å². The number of nitrogens with one attached hydrogen (secondary N) is 1. The fourth-order valence-corrected chi connectivity index (χ4v) is 2.63. The maximum atomic E-state index is 12.2. The van der Waals surface area contributed by atoms with E-state index in [1.54, 1.807) is 72.8 Å². The lowest BCUT2D eigenvalue weighted by molar-refractivity contribution is -0.123. The Balaban J connectivity index is 1.52. The summed E-state index contributed by atoms with van der Waals surface area (Å²) in [4.78, 5) is 24.1. The molecule has 0 aliphatic rings. The molecular formula is C23H19ClN2O5. The SMILES string of the molecule is COc1ccccc1OCC(=O)N/N=C/c1cccc(OC(=O)c2ccc(Cl)cc2)c1. The number of nitrogens with zero attached hydrogens (tertiary/aromatic N) is 1. The molecule has 158 valence electrons. The van der Waals surface area contributed by atoms with Gasteiger partial charge in [-0.1, -0.05) is 35.9 Å². The third-order valence-corrected chi connectivity index (χ3v) is 4.23. The van der Waals surface area contributed by atoms with E-state index >= 15 is 0 Å². The van der Waals surface area contributed by atoms with Crippen molar-refractivity contribution in [1.29, 1.82) is 0 Å². The molecule has 3 rings (SSSR count). The zero-order valence-electron chi connectivity index (χ0n) is 16.6. The maximum Gasteiger partial charge on any atom is 0.343 e. The molecule has 1 N–H and O–H groups in total. The van der Waals surface area contributed by atoms with Gasteiger partial charge in [0.2, 0.25) is 0 Å². The number of ether oxygens (including phenoxy) is 3. The average molecular weight is 439 g/mol. The van der Waals surface area contributed by atoms with Crippen LogP contribution in [0.2, 0.25) is 5.02 Å². The monoisotopic (exact) mass is 438 g/mol. The fourth-order valence-electron chi connectivity index (χ4n) is 2.50. The Labute approximate surface area is 184 Å². The van der Waals surface area contributed by atoms with Crippen molar-refractivity contribution < 1.29 is 23.8 Å². The zero-order chi connectivity index (χ0) is 22.1. The molecule has 0 atom stereocenters. The molecule has 0 bridgehead atoms. The summed E-state index contributed by atoms with van der Waals surface area (Å²) in [6, 6.07) is 20.1. The molecule has 0 saturated carbocycles. The van der Waals surface area contributed by atoms with Crippen LogP contribution in [0, 0.1) is 0 Å². The summed E-state index contributed by atoms with van der Waals surface area (Å²) >= 11 is 5.82. The molecular weight excluding hydrogens is 420 g/mol. The lowest BCUT2D eigenvalue weighted by Gasteiger charge is -2.09. The molecule has 3 aromatic carbocycles. The van der Waals surface area contributed by atoms with E-state index < -0.39 is 11.9 Å². The quantitative estimate of drug-likeness (QED) is 0.248. The van der Waals surface area contributed by atoms with Gasteiger partial charge in [-0.3, -0.25) is 4.79 Å². The van der Waals surface area contributed by atoms with Crippen molar-refractivity contribution >= 4 is 29.7 Å². The van der Waals surface area contributed by atoms with Crippen LogP contribution in [0.25, 0.3) is 0 Å². The number of para-hydroxylation sites is 2. The minimum Gasteiger partial charge on any atom is -0.493 e. The first-order chi connectivity index (χ1) is 15.0. The first kappa shape index (κ1) is 21.9. The van der Waals surface area contributed by atoms with Gasteiger partial charge in [0.05, 0.1) is 18.9 Å². The van der Waals surface area contributed by atoms with E-state index in [1.807, 2.05) is 0 Å². The summed E-state index contributed by atoms with van der Waals surface area (Å²) in [7, 11) is 1.52. The molecule has 3 aromatic rings. The van der Waals surface area contributed by atoms with E-state index in [9.17, 15) is 9.59 Å². The third-order valence-electron chi connectivity index (χ3n) is 3.98. The maximum absolute atomic E-state index is 12.2. The van der Waals surface area contributed by atoms with Crippen molar-refractivity contribution in [3.63, 3.8) is 0 Å². The molecule has 0 aliphatic heterocycles. The number of carbonyl (C=O) groups excluding carboxylic acids is 2. The van der Waals surface area contributed by atoms with Gasteiger partial charge in [-0.2, -0.15) is 5.10 Å². The fraction of sp³-hybridized carbons (Fsp3) is 0.0870. The number of halogens is 1. The summed E-state index contributed by atoms with van der Waals surface area (Å²) in [6.45, 7) is -0.226. The Morgan fingerprint density at radius 3 is 2.48 bits per heavy atom. The Bertz CT molecular complexity index is 1080. The minimum absolute atomic E-state index is 0.226. The number of benzene rings is 3. The van der Waals surface area contributed by atoms with Crippen LogP contribution in [-0.4, -0.2) is 31.8 Å². The number of rotatable bonds is 8. The normalized spacial score (nSPS) is 10.5. The van der Waals surface area contributed by atoms with E-state index in [-0.39, 0.29) is 6.61 Å². The number of methoxy groups -OCH3 is 1. The van der Waals surface area contributed by atoms with Gasteiger partial charge in [-0.15, -0.1) is 0 Å². The van der Waals surface area contributed by atoms with E-state index in [2.05, 4.69) is 10.5 Å². The Morgan fingerprint density at radius 2 is 1.74 bits per heavy atom. The summed E-state index contributed by atoms with van der Waals surface area (Å²) in [5.41, 5.74) is 3.39. The van der Waals surface area contributed by atoms with Crippen LogP contribution < -0.4 is 19.6 Å². The summed E-state index contributed by atoms with van der Waals surface area (Å²) < 4.78 is 15.9. The highest BCUT2D eigenvalue weighted by atomic mass is 35.5.